The SMILES string of the molecule is CCC(=O)NCC(=O)Nc1cc(CCc2ccccc2)ccn1. The van der Waals surface area contributed by atoms with Gasteiger partial charge in [0.05, 0.1) is 6.54 Å². The first kappa shape index (κ1) is 16.7. The molecule has 23 heavy (non-hydrogen) atoms. The highest BCUT2D eigenvalue weighted by molar-refractivity contribution is 5.93. The number of nitrogens with zero attached hydrogens (tertiary/aromatic N) is 1. The van der Waals surface area contributed by atoms with Crippen molar-refractivity contribution in [1.29, 1.82) is 0 Å². The van der Waals surface area contributed by atoms with Crippen LogP contribution in [0.25, 0.3) is 0 Å². The summed E-state index contributed by atoms with van der Waals surface area (Å²) < 4.78 is 0. The highest BCUT2D eigenvalue weighted by Crippen LogP contribution is 2.10. The number of nitrogens with one attached hydrogen (secondary N) is 2. The number of benzene rings is 1. The molecule has 120 valence electrons. The zero-order valence-electron chi connectivity index (χ0n) is 13.2. The molecule has 0 aliphatic heterocycles. The summed E-state index contributed by atoms with van der Waals surface area (Å²) in [5.41, 5.74) is 2.38. The number of rotatable bonds is 7. The van der Waals surface area contributed by atoms with Gasteiger partial charge < -0.3 is 10.6 Å². The lowest BCUT2D eigenvalue weighted by Gasteiger charge is -2.07. The minimum atomic E-state index is -0.278. The van der Waals surface area contributed by atoms with E-state index in [2.05, 4.69) is 27.8 Å². The third kappa shape index (κ3) is 5.90. The Morgan fingerprint density at radius 3 is 2.48 bits per heavy atom. The van der Waals surface area contributed by atoms with Crippen LogP contribution in [-0.2, 0) is 22.4 Å². The second-order valence-corrected chi connectivity index (χ2v) is 5.21. The lowest BCUT2D eigenvalue weighted by Crippen LogP contribution is -2.32. The first-order chi connectivity index (χ1) is 11.2. The summed E-state index contributed by atoms with van der Waals surface area (Å²) in [4.78, 5) is 27.0. The van der Waals surface area contributed by atoms with Crippen LogP contribution < -0.4 is 10.6 Å². The number of aromatic nitrogens is 1. The summed E-state index contributed by atoms with van der Waals surface area (Å²) >= 11 is 0. The van der Waals surface area contributed by atoms with E-state index in [1.165, 1.54) is 5.56 Å². The highest BCUT2D eigenvalue weighted by Gasteiger charge is 2.06. The van der Waals surface area contributed by atoms with E-state index in [4.69, 9.17) is 0 Å². The first-order valence-corrected chi connectivity index (χ1v) is 7.72. The molecular weight excluding hydrogens is 290 g/mol. The number of amides is 2. The van der Waals surface area contributed by atoms with E-state index >= 15 is 0 Å². The Labute approximate surface area is 136 Å². The number of pyridine rings is 1. The minimum Gasteiger partial charge on any atom is -0.347 e. The van der Waals surface area contributed by atoms with Crippen LogP contribution in [0.15, 0.2) is 48.7 Å². The van der Waals surface area contributed by atoms with Crippen LogP contribution >= 0.6 is 0 Å². The number of aryl methyl sites for hydroxylation is 2. The average Bonchev–Trinajstić information content (AvgIpc) is 2.59. The van der Waals surface area contributed by atoms with Gasteiger partial charge in [-0.1, -0.05) is 37.3 Å². The van der Waals surface area contributed by atoms with Gasteiger partial charge in [-0.25, -0.2) is 4.98 Å². The van der Waals surface area contributed by atoms with Gasteiger partial charge in [0.15, 0.2) is 0 Å². The maximum absolute atomic E-state index is 11.8. The van der Waals surface area contributed by atoms with E-state index in [0.717, 1.165) is 18.4 Å². The van der Waals surface area contributed by atoms with Crippen LogP contribution in [0.3, 0.4) is 0 Å². The predicted octanol–water partition coefficient (Wildman–Crippen LogP) is 2.33. The molecule has 0 saturated heterocycles. The smallest absolute Gasteiger partial charge is 0.244 e. The molecule has 2 rings (SSSR count). The number of anilines is 1. The highest BCUT2D eigenvalue weighted by atomic mass is 16.2. The molecule has 5 heteroatoms. The maximum Gasteiger partial charge on any atom is 0.244 e. The Morgan fingerprint density at radius 1 is 1.00 bits per heavy atom. The van der Waals surface area contributed by atoms with Crippen molar-refractivity contribution in [2.24, 2.45) is 0 Å². The molecule has 0 saturated carbocycles. The van der Waals surface area contributed by atoms with E-state index < -0.39 is 0 Å². The summed E-state index contributed by atoms with van der Waals surface area (Å²) in [6, 6.07) is 14.1. The van der Waals surface area contributed by atoms with Crippen molar-refractivity contribution in [2.45, 2.75) is 26.2 Å². The van der Waals surface area contributed by atoms with E-state index in [9.17, 15) is 9.59 Å². The van der Waals surface area contributed by atoms with Gasteiger partial charge in [0, 0.05) is 12.6 Å². The lowest BCUT2D eigenvalue weighted by atomic mass is 10.1. The third-order valence-corrected chi connectivity index (χ3v) is 3.40. The van der Waals surface area contributed by atoms with E-state index in [-0.39, 0.29) is 18.4 Å². The molecule has 0 unspecified atom stereocenters. The molecule has 0 radical (unpaired) electrons. The van der Waals surface area contributed by atoms with Crippen LogP contribution in [0.5, 0.6) is 0 Å². The quantitative estimate of drug-likeness (QED) is 0.824. The number of hydrogen-bond acceptors (Lipinski definition) is 3. The predicted molar refractivity (Wildman–Crippen MR) is 90.0 cm³/mol. The van der Waals surface area contributed by atoms with E-state index in [1.807, 2.05) is 30.3 Å². The average molecular weight is 311 g/mol. The number of carbonyl (C=O) groups excluding carboxylic acids is 2. The van der Waals surface area contributed by atoms with Crippen molar-refractivity contribution >= 4 is 17.6 Å². The van der Waals surface area contributed by atoms with E-state index in [1.54, 1.807) is 13.1 Å². The molecule has 0 bridgehead atoms. The molecule has 0 spiro atoms. The van der Waals surface area contributed by atoms with Crippen molar-refractivity contribution in [3.63, 3.8) is 0 Å². The zero-order valence-corrected chi connectivity index (χ0v) is 13.2. The molecule has 2 N–H and O–H groups in total. The minimum absolute atomic E-state index is 0.0391. The summed E-state index contributed by atoms with van der Waals surface area (Å²) in [5.74, 6) is 0.0792. The molecule has 1 heterocycles. The Kier molecular flexibility index (Phi) is 6.29. The Bertz CT molecular complexity index is 656. The third-order valence-electron chi connectivity index (χ3n) is 3.40. The van der Waals surface area contributed by atoms with E-state index in [0.29, 0.717) is 12.2 Å². The Morgan fingerprint density at radius 2 is 1.74 bits per heavy atom. The van der Waals surface area contributed by atoms with Gasteiger partial charge in [-0.05, 0) is 36.1 Å². The van der Waals surface area contributed by atoms with Crippen LogP contribution in [0.4, 0.5) is 5.82 Å². The number of carbonyl (C=O) groups is 2. The van der Waals surface area contributed by atoms with Crippen LogP contribution in [0, 0.1) is 0 Å². The lowest BCUT2D eigenvalue weighted by molar-refractivity contribution is -0.123. The summed E-state index contributed by atoms with van der Waals surface area (Å²) in [6.45, 7) is 1.70. The van der Waals surface area contributed by atoms with Gasteiger partial charge in [-0.15, -0.1) is 0 Å². The molecule has 0 atom stereocenters. The van der Waals surface area contributed by atoms with Crippen molar-refractivity contribution < 1.29 is 9.59 Å². The fraction of sp³-hybridized carbons (Fsp3) is 0.278. The summed E-state index contributed by atoms with van der Waals surface area (Å²) in [5, 5.41) is 5.23. The zero-order chi connectivity index (χ0) is 16.5. The Balaban J connectivity index is 1.86. The van der Waals surface area contributed by atoms with Gasteiger partial charge in [0.25, 0.3) is 0 Å². The van der Waals surface area contributed by atoms with Crippen LogP contribution in [0.1, 0.15) is 24.5 Å². The molecule has 1 aromatic carbocycles. The van der Waals surface area contributed by atoms with Gasteiger partial charge in [-0.3, -0.25) is 9.59 Å². The normalized spacial score (nSPS) is 10.1. The Hall–Kier alpha value is -2.69. The second kappa shape index (κ2) is 8.68. The molecule has 0 aliphatic rings. The molecule has 2 amide bonds. The summed E-state index contributed by atoms with van der Waals surface area (Å²) in [6.07, 6.45) is 3.85. The fourth-order valence-corrected chi connectivity index (χ4v) is 2.12. The van der Waals surface area contributed by atoms with Gasteiger partial charge >= 0.3 is 0 Å². The largest absolute Gasteiger partial charge is 0.347 e. The molecule has 2 aromatic rings. The molecular formula is C18H21N3O2. The molecule has 0 aliphatic carbocycles. The van der Waals surface area contributed by atoms with Crippen molar-refractivity contribution in [3.8, 4) is 0 Å². The standard InChI is InChI=1S/C18H21N3O2/c1-2-17(22)20-13-18(23)21-16-12-15(10-11-19-16)9-8-14-6-4-3-5-7-14/h3-7,10-12H,2,8-9,13H2,1H3,(H,20,22)(H,19,21,23). The maximum atomic E-state index is 11.8. The van der Waals surface area contributed by atoms with Crippen LogP contribution in [-0.4, -0.2) is 23.3 Å². The van der Waals surface area contributed by atoms with Gasteiger partial charge in [-0.2, -0.15) is 0 Å². The van der Waals surface area contributed by atoms with Gasteiger partial charge in [0.1, 0.15) is 5.82 Å². The van der Waals surface area contributed by atoms with Crippen molar-refractivity contribution in [3.05, 3.63) is 59.8 Å². The second-order valence-electron chi connectivity index (χ2n) is 5.21. The topological polar surface area (TPSA) is 71.1 Å². The number of hydrogen-bond donors (Lipinski definition) is 2. The van der Waals surface area contributed by atoms with Crippen molar-refractivity contribution in [1.82, 2.24) is 10.3 Å². The monoisotopic (exact) mass is 311 g/mol. The van der Waals surface area contributed by atoms with Gasteiger partial charge in [0.2, 0.25) is 11.8 Å². The molecule has 5 nitrogen and oxygen atoms in total. The fourth-order valence-electron chi connectivity index (χ4n) is 2.12. The van der Waals surface area contributed by atoms with Crippen LogP contribution in [0.2, 0.25) is 0 Å². The molecule has 1 aromatic heterocycles. The van der Waals surface area contributed by atoms with Crippen molar-refractivity contribution in [2.75, 3.05) is 11.9 Å². The first-order valence-electron chi connectivity index (χ1n) is 7.72. The summed E-state index contributed by atoms with van der Waals surface area (Å²) in [7, 11) is 0. The molecule has 0 fully saturated rings.